The standard InChI is InChI=1S/C54H35NO2/c1-3-15-37(16-4-1)41-19-7-8-22-45(41)53-42(38-17-5-2-6-18-38)23-13-25-48(53)55(49-26-14-24-46-43-20-9-12-28-51(43)57-54(46)49)40-32-29-36(30-33-40)39-31-34-52-47(35-39)44-21-10-11-27-50(44)56-52/h1-35H. The van der Waals surface area contributed by atoms with Gasteiger partial charge in [-0.2, -0.15) is 0 Å². The van der Waals surface area contributed by atoms with Gasteiger partial charge in [0.2, 0.25) is 0 Å². The van der Waals surface area contributed by atoms with E-state index in [1.807, 2.05) is 18.2 Å². The fourth-order valence-electron chi connectivity index (χ4n) is 8.46. The van der Waals surface area contributed by atoms with Crippen molar-refractivity contribution in [2.45, 2.75) is 0 Å². The van der Waals surface area contributed by atoms with E-state index < -0.39 is 0 Å². The second-order valence-electron chi connectivity index (χ2n) is 14.4. The molecule has 0 amide bonds. The van der Waals surface area contributed by atoms with Gasteiger partial charge >= 0.3 is 0 Å². The number of hydrogen-bond donors (Lipinski definition) is 0. The molecule has 0 atom stereocenters. The number of hydrogen-bond acceptors (Lipinski definition) is 3. The number of benzene rings is 9. The molecule has 0 spiro atoms. The third-order valence-corrected chi connectivity index (χ3v) is 11.1. The highest BCUT2D eigenvalue weighted by Crippen LogP contribution is 2.50. The van der Waals surface area contributed by atoms with Crippen LogP contribution in [0.15, 0.2) is 221 Å². The van der Waals surface area contributed by atoms with Crippen molar-refractivity contribution in [3.8, 4) is 44.5 Å². The van der Waals surface area contributed by atoms with Crippen molar-refractivity contribution >= 4 is 60.9 Å². The maximum absolute atomic E-state index is 6.77. The van der Waals surface area contributed by atoms with Gasteiger partial charge in [0.1, 0.15) is 16.7 Å². The molecule has 9 aromatic carbocycles. The Morgan fingerprint density at radius 1 is 0.298 bits per heavy atom. The van der Waals surface area contributed by atoms with Crippen LogP contribution in [0.3, 0.4) is 0 Å². The van der Waals surface area contributed by atoms with Gasteiger partial charge in [0, 0.05) is 32.8 Å². The summed E-state index contributed by atoms with van der Waals surface area (Å²) in [6.07, 6.45) is 0. The molecule has 0 unspecified atom stereocenters. The molecular weight excluding hydrogens is 695 g/mol. The van der Waals surface area contributed by atoms with Gasteiger partial charge in [0.15, 0.2) is 5.58 Å². The number of anilines is 3. The normalized spacial score (nSPS) is 11.5. The summed E-state index contributed by atoms with van der Waals surface area (Å²) in [5, 5.41) is 4.41. The monoisotopic (exact) mass is 729 g/mol. The van der Waals surface area contributed by atoms with Gasteiger partial charge in [-0.1, -0.05) is 164 Å². The molecule has 0 saturated carbocycles. The first-order chi connectivity index (χ1) is 28.3. The molecule has 0 fully saturated rings. The summed E-state index contributed by atoms with van der Waals surface area (Å²) in [6.45, 7) is 0. The Balaban J connectivity index is 1.16. The third-order valence-electron chi connectivity index (χ3n) is 11.1. The third kappa shape index (κ3) is 5.60. The van der Waals surface area contributed by atoms with Crippen molar-refractivity contribution in [3.63, 3.8) is 0 Å². The predicted octanol–water partition coefficient (Wildman–Crippen LogP) is 15.6. The summed E-state index contributed by atoms with van der Waals surface area (Å²) in [5.41, 5.74) is 15.7. The Kier molecular flexibility index (Phi) is 7.82. The van der Waals surface area contributed by atoms with Crippen LogP contribution in [0.5, 0.6) is 0 Å². The van der Waals surface area contributed by atoms with Gasteiger partial charge in [0.25, 0.3) is 0 Å². The fourth-order valence-corrected chi connectivity index (χ4v) is 8.46. The second-order valence-corrected chi connectivity index (χ2v) is 14.4. The lowest BCUT2D eigenvalue weighted by molar-refractivity contribution is 0.668. The molecule has 2 heterocycles. The van der Waals surface area contributed by atoms with Gasteiger partial charge < -0.3 is 13.7 Å². The van der Waals surface area contributed by atoms with Crippen molar-refractivity contribution in [2.75, 3.05) is 4.90 Å². The number of para-hydroxylation sites is 3. The first kappa shape index (κ1) is 32.8. The van der Waals surface area contributed by atoms with Crippen molar-refractivity contribution in [3.05, 3.63) is 212 Å². The topological polar surface area (TPSA) is 29.5 Å². The van der Waals surface area contributed by atoms with Gasteiger partial charge in [0.05, 0.1) is 11.4 Å². The largest absolute Gasteiger partial charge is 0.456 e. The molecular formula is C54H35NO2. The predicted molar refractivity (Wildman–Crippen MR) is 237 cm³/mol. The Hall–Kier alpha value is -7.62. The number of fused-ring (bicyclic) bond motifs is 6. The molecule has 0 aliphatic heterocycles. The molecule has 0 aliphatic rings. The van der Waals surface area contributed by atoms with E-state index >= 15 is 0 Å². The minimum absolute atomic E-state index is 0.840. The first-order valence-corrected chi connectivity index (χ1v) is 19.3. The first-order valence-electron chi connectivity index (χ1n) is 19.3. The number of rotatable bonds is 7. The summed E-state index contributed by atoms with van der Waals surface area (Å²) in [5.74, 6) is 0. The van der Waals surface area contributed by atoms with E-state index in [2.05, 4.69) is 199 Å². The van der Waals surface area contributed by atoms with E-state index in [4.69, 9.17) is 8.83 Å². The smallest absolute Gasteiger partial charge is 0.159 e. The summed E-state index contributed by atoms with van der Waals surface area (Å²) in [7, 11) is 0. The zero-order valence-electron chi connectivity index (χ0n) is 31.0. The Morgan fingerprint density at radius 3 is 1.58 bits per heavy atom. The molecule has 11 rings (SSSR count). The van der Waals surface area contributed by atoms with Gasteiger partial charge in [-0.05, 0) is 87.5 Å². The van der Waals surface area contributed by atoms with Gasteiger partial charge in [-0.3, -0.25) is 0 Å². The van der Waals surface area contributed by atoms with Crippen LogP contribution in [0.25, 0.3) is 88.4 Å². The highest BCUT2D eigenvalue weighted by Gasteiger charge is 2.25. The molecule has 2 aromatic heterocycles. The molecule has 57 heavy (non-hydrogen) atoms. The van der Waals surface area contributed by atoms with Crippen LogP contribution in [0.2, 0.25) is 0 Å². The summed E-state index contributed by atoms with van der Waals surface area (Å²) in [6, 6.07) is 75.2. The van der Waals surface area contributed by atoms with Crippen molar-refractivity contribution in [1.82, 2.24) is 0 Å². The molecule has 0 saturated heterocycles. The second kappa shape index (κ2) is 13.6. The maximum atomic E-state index is 6.77. The molecule has 0 aliphatic carbocycles. The lowest BCUT2D eigenvalue weighted by Crippen LogP contribution is -2.12. The van der Waals surface area contributed by atoms with Crippen molar-refractivity contribution in [2.24, 2.45) is 0 Å². The summed E-state index contributed by atoms with van der Waals surface area (Å²) in [4.78, 5) is 2.38. The quantitative estimate of drug-likeness (QED) is 0.164. The Labute approximate surface area is 330 Å². The molecule has 11 aromatic rings. The zero-order valence-corrected chi connectivity index (χ0v) is 31.0. The van der Waals surface area contributed by atoms with E-state index in [-0.39, 0.29) is 0 Å². The number of furan rings is 2. The van der Waals surface area contributed by atoms with E-state index in [1.54, 1.807) is 0 Å². The van der Waals surface area contributed by atoms with E-state index in [9.17, 15) is 0 Å². The summed E-state index contributed by atoms with van der Waals surface area (Å²) >= 11 is 0. The lowest BCUT2D eigenvalue weighted by atomic mass is 9.87. The fraction of sp³-hybridized carbons (Fsp3) is 0. The lowest BCUT2D eigenvalue weighted by Gasteiger charge is -2.30. The number of nitrogens with zero attached hydrogens (tertiary/aromatic N) is 1. The van der Waals surface area contributed by atoms with Crippen LogP contribution in [0, 0.1) is 0 Å². The zero-order chi connectivity index (χ0) is 37.7. The van der Waals surface area contributed by atoms with Crippen LogP contribution in [-0.4, -0.2) is 0 Å². The molecule has 0 bridgehead atoms. The average molecular weight is 730 g/mol. The highest BCUT2D eigenvalue weighted by atomic mass is 16.3. The van der Waals surface area contributed by atoms with Crippen LogP contribution >= 0.6 is 0 Å². The van der Waals surface area contributed by atoms with Crippen molar-refractivity contribution in [1.29, 1.82) is 0 Å². The Bertz CT molecular complexity index is 3230. The van der Waals surface area contributed by atoms with Gasteiger partial charge in [-0.25, -0.2) is 0 Å². The Morgan fingerprint density at radius 2 is 0.825 bits per heavy atom. The van der Waals surface area contributed by atoms with E-state index in [0.29, 0.717) is 0 Å². The van der Waals surface area contributed by atoms with E-state index in [1.165, 1.54) is 11.1 Å². The van der Waals surface area contributed by atoms with Crippen LogP contribution in [-0.2, 0) is 0 Å². The minimum atomic E-state index is 0.840. The molecule has 3 heteroatoms. The maximum Gasteiger partial charge on any atom is 0.159 e. The molecule has 0 radical (unpaired) electrons. The van der Waals surface area contributed by atoms with Gasteiger partial charge in [-0.15, -0.1) is 0 Å². The molecule has 0 N–H and O–H groups in total. The van der Waals surface area contributed by atoms with Crippen LogP contribution in [0.4, 0.5) is 17.1 Å². The summed E-state index contributed by atoms with van der Waals surface area (Å²) < 4.78 is 12.9. The average Bonchev–Trinajstić information content (AvgIpc) is 3.86. The SMILES string of the molecule is c1ccc(-c2ccccc2-c2c(-c3ccccc3)cccc2N(c2ccc(-c3ccc4oc5ccccc5c4c3)cc2)c2cccc3c2oc2ccccc23)cc1. The molecule has 3 nitrogen and oxygen atoms in total. The van der Waals surface area contributed by atoms with Crippen LogP contribution in [0.1, 0.15) is 0 Å². The van der Waals surface area contributed by atoms with E-state index in [0.717, 1.165) is 94.3 Å². The highest BCUT2D eigenvalue weighted by molar-refractivity contribution is 6.12. The van der Waals surface area contributed by atoms with Crippen molar-refractivity contribution < 1.29 is 8.83 Å². The minimum Gasteiger partial charge on any atom is -0.456 e. The van der Waals surface area contributed by atoms with Crippen LogP contribution < -0.4 is 4.90 Å². The molecule has 268 valence electrons.